The number of anilines is 1. The van der Waals surface area contributed by atoms with Crippen LogP contribution in [-0.2, 0) is 11.8 Å². The summed E-state index contributed by atoms with van der Waals surface area (Å²) in [7, 11) is 1.86. The third kappa shape index (κ3) is 2.92. The van der Waals surface area contributed by atoms with Crippen molar-refractivity contribution < 1.29 is 9.18 Å². The molecular formula is C16H22FN7O. The van der Waals surface area contributed by atoms with Crippen molar-refractivity contribution in [1.29, 1.82) is 0 Å². The molecule has 25 heavy (non-hydrogen) atoms. The van der Waals surface area contributed by atoms with Crippen LogP contribution in [0.3, 0.4) is 0 Å². The summed E-state index contributed by atoms with van der Waals surface area (Å²) in [6, 6.07) is -0.382. The largest absolute Gasteiger partial charge is 0.352 e. The van der Waals surface area contributed by atoms with Gasteiger partial charge in [0.25, 0.3) is 0 Å². The fraction of sp³-hybridized carbons (Fsp3) is 0.625. The Hall–Kier alpha value is -2.29. The average Bonchev–Trinajstić information content (AvgIpc) is 3.20. The molecule has 2 atom stereocenters. The molecular weight excluding hydrogens is 325 g/mol. The number of nitrogens with zero attached hydrogens (tertiary/aromatic N) is 6. The number of halogens is 1. The Bertz CT molecular complexity index is 799. The lowest BCUT2D eigenvalue weighted by Gasteiger charge is -2.36. The highest BCUT2D eigenvalue weighted by Crippen LogP contribution is 2.24. The Balaban J connectivity index is 1.48. The number of nitrogens with one attached hydrogen (secondary N) is 1. The van der Waals surface area contributed by atoms with Crippen molar-refractivity contribution in [3.05, 3.63) is 12.0 Å². The highest BCUT2D eigenvalue weighted by Gasteiger charge is 2.33. The number of hydrogen-bond donors (Lipinski definition) is 1. The van der Waals surface area contributed by atoms with Gasteiger partial charge in [0.2, 0.25) is 5.91 Å². The fourth-order valence-electron chi connectivity index (χ4n) is 3.59. The Labute approximate surface area is 145 Å². The molecule has 134 valence electrons. The van der Waals surface area contributed by atoms with Gasteiger partial charge in [-0.05, 0) is 6.92 Å². The van der Waals surface area contributed by atoms with Crippen LogP contribution in [0.4, 0.5) is 10.2 Å². The minimum Gasteiger partial charge on any atom is -0.352 e. The highest BCUT2D eigenvalue weighted by molar-refractivity contribution is 5.87. The smallest absolute Gasteiger partial charge is 0.239 e. The topological polar surface area (TPSA) is 79.2 Å². The van der Waals surface area contributed by atoms with Gasteiger partial charge in [-0.1, -0.05) is 0 Å². The van der Waals surface area contributed by atoms with E-state index >= 15 is 0 Å². The van der Waals surface area contributed by atoms with Gasteiger partial charge in [-0.15, -0.1) is 0 Å². The zero-order valence-electron chi connectivity index (χ0n) is 14.4. The van der Waals surface area contributed by atoms with Crippen molar-refractivity contribution in [1.82, 2.24) is 30.0 Å². The molecule has 8 nitrogen and oxygen atoms in total. The van der Waals surface area contributed by atoms with Gasteiger partial charge >= 0.3 is 0 Å². The molecule has 2 fully saturated rings. The lowest BCUT2D eigenvalue weighted by atomic mass is 10.1. The Morgan fingerprint density at radius 3 is 2.72 bits per heavy atom. The molecule has 0 unspecified atom stereocenters. The Morgan fingerprint density at radius 1 is 1.28 bits per heavy atom. The van der Waals surface area contributed by atoms with Gasteiger partial charge in [-0.2, -0.15) is 5.10 Å². The van der Waals surface area contributed by atoms with Gasteiger partial charge in [0, 0.05) is 46.2 Å². The van der Waals surface area contributed by atoms with E-state index in [4.69, 9.17) is 0 Å². The summed E-state index contributed by atoms with van der Waals surface area (Å²) in [5.41, 5.74) is 0.810. The number of carbonyl (C=O) groups excluding carboxylic acids is 1. The van der Waals surface area contributed by atoms with Crippen LogP contribution in [0.2, 0.25) is 0 Å². The second kappa shape index (κ2) is 6.21. The zero-order chi connectivity index (χ0) is 17.6. The Morgan fingerprint density at radius 2 is 2.04 bits per heavy atom. The van der Waals surface area contributed by atoms with Gasteiger partial charge in [0.1, 0.15) is 17.8 Å². The van der Waals surface area contributed by atoms with E-state index in [-0.39, 0.29) is 24.9 Å². The second-order valence-electron chi connectivity index (χ2n) is 6.71. The molecule has 2 aliphatic heterocycles. The van der Waals surface area contributed by atoms with E-state index in [1.165, 1.54) is 0 Å². The molecule has 1 amide bonds. The van der Waals surface area contributed by atoms with Crippen LogP contribution >= 0.6 is 0 Å². The zero-order valence-corrected chi connectivity index (χ0v) is 14.4. The van der Waals surface area contributed by atoms with Gasteiger partial charge in [0.05, 0.1) is 17.6 Å². The summed E-state index contributed by atoms with van der Waals surface area (Å²) in [5.74, 6) is 1.57. The minimum absolute atomic E-state index is 0.00481. The van der Waals surface area contributed by atoms with Gasteiger partial charge in [-0.3, -0.25) is 9.48 Å². The molecule has 0 aliphatic carbocycles. The third-order valence-electron chi connectivity index (χ3n) is 4.95. The maximum atomic E-state index is 13.3. The van der Waals surface area contributed by atoms with Crippen molar-refractivity contribution in [2.75, 3.05) is 37.6 Å². The first kappa shape index (κ1) is 16.2. The first-order valence-corrected chi connectivity index (χ1v) is 8.60. The van der Waals surface area contributed by atoms with Crippen LogP contribution < -0.4 is 10.2 Å². The van der Waals surface area contributed by atoms with Crippen LogP contribution in [0.5, 0.6) is 0 Å². The van der Waals surface area contributed by atoms with Crippen molar-refractivity contribution in [3.8, 4) is 0 Å². The minimum atomic E-state index is -0.918. The molecule has 0 saturated carbocycles. The van der Waals surface area contributed by atoms with Crippen molar-refractivity contribution in [2.45, 2.75) is 25.6 Å². The number of fused-ring (bicyclic) bond motifs is 1. The van der Waals surface area contributed by atoms with E-state index in [0.29, 0.717) is 32.0 Å². The van der Waals surface area contributed by atoms with Crippen LogP contribution in [-0.4, -0.2) is 75.5 Å². The average molecular weight is 347 g/mol. The number of alkyl halides is 1. The molecule has 0 radical (unpaired) electrons. The number of aromatic nitrogens is 4. The predicted molar refractivity (Wildman–Crippen MR) is 91.1 cm³/mol. The monoisotopic (exact) mass is 347 g/mol. The molecule has 0 spiro atoms. The normalized spacial score (nSPS) is 24.3. The molecule has 0 bridgehead atoms. The molecule has 4 rings (SSSR count). The number of carbonyl (C=O) groups is 1. The maximum absolute atomic E-state index is 13.3. The predicted octanol–water partition coefficient (Wildman–Crippen LogP) is 0.0203. The third-order valence-corrected chi connectivity index (χ3v) is 4.95. The van der Waals surface area contributed by atoms with Crippen LogP contribution in [0, 0.1) is 6.92 Å². The van der Waals surface area contributed by atoms with E-state index in [2.05, 4.69) is 25.3 Å². The summed E-state index contributed by atoms with van der Waals surface area (Å²) in [6.45, 7) is 4.75. The van der Waals surface area contributed by atoms with E-state index < -0.39 is 6.17 Å². The summed E-state index contributed by atoms with van der Waals surface area (Å²) < 4.78 is 15.1. The quantitative estimate of drug-likeness (QED) is 0.825. The van der Waals surface area contributed by atoms with Crippen LogP contribution in [0.1, 0.15) is 12.2 Å². The number of aryl methyl sites for hydroxylation is 2. The van der Waals surface area contributed by atoms with Crippen molar-refractivity contribution in [2.24, 2.45) is 7.05 Å². The molecule has 2 saturated heterocycles. The first-order chi connectivity index (χ1) is 12.0. The van der Waals surface area contributed by atoms with Crippen LogP contribution in [0.15, 0.2) is 6.20 Å². The van der Waals surface area contributed by atoms with E-state index in [9.17, 15) is 9.18 Å². The maximum Gasteiger partial charge on any atom is 0.239 e. The fourth-order valence-corrected chi connectivity index (χ4v) is 3.59. The molecule has 2 aromatic rings. The van der Waals surface area contributed by atoms with E-state index in [0.717, 1.165) is 16.9 Å². The lowest BCUT2D eigenvalue weighted by Crippen LogP contribution is -2.53. The Kier molecular flexibility index (Phi) is 4.03. The van der Waals surface area contributed by atoms with Crippen molar-refractivity contribution >= 4 is 22.8 Å². The molecule has 0 aromatic carbocycles. The summed E-state index contributed by atoms with van der Waals surface area (Å²) in [5, 5.41) is 8.17. The van der Waals surface area contributed by atoms with Gasteiger partial charge in [-0.25, -0.2) is 14.4 Å². The second-order valence-corrected chi connectivity index (χ2v) is 6.71. The number of rotatable bonds is 2. The molecule has 2 aliphatic rings. The van der Waals surface area contributed by atoms with Crippen LogP contribution in [0.25, 0.3) is 11.0 Å². The summed E-state index contributed by atoms with van der Waals surface area (Å²) in [4.78, 5) is 25.5. The van der Waals surface area contributed by atoms with Gasteiger partial charge in [0.15, 0.2) is 5.65 Å². The number of piperazine rings is 1. The summed E-state index contributed by atoms with van der Waals surface area (Å²) in [6.07, 6.45) is 1.14. The molecule has 4 heterocycles. The number of amides is 1. The standard InChI is InChI=1S/C16H22FN7O/c1-10-20-14-12(9-19-22(14)2)15(21-10)23-3-5-24(6-4-23)16(25)13-7-11(17)8-18-13/h9,11,13,18H,3-8H2,1-2H3/t11-,13+/m0/s1. The lowest BCUT2D eigenvalue weighted by molar-refractivity contribution is -0.133. The highest BCUT2D eigenvalue weighted by atomic mass is 19.1. The van der Waals surface area contributed by atoms with Gasteiger partial charge < -0.3 is 15.1 Å². The number of hydrogen-bond acceptors (Lipinski definition) is 6. The molecule has 9 heteroatoms. The molecule has 1 N–H and O–H groups in total. The molecule has 2 aromatic heterocycles. The first-order valence-electron chi connectivity index (χ1n) is 8.60. The van der Waals surface area contributed by atoms with E-state index in [1.807, 2.05) is 18.9 Å². The van der Waals surface area contributed by atoms with Crippen molar-refractivity contribution in [3.63, 3.8) is 0 Å². The summed E-state index contributed by atoms with van der Waals surface area (Å²) >= 11 is 0. The van der Waals surface area contributed by atoms with E-state index in [1.54, 1.807) is 10.9 Å². The SMILES string of the molecule is Cc1nc(N2CCN(C(=O)[C@H]3C[C@H](F)CN3)CC2)c2cnn(C)c2n1.